The number of benzene rings is 1. The van der Waals surface area contributed by atoms with Gasteiger partial charge in [-0.1, -0.05) is 12.1 Å². The molecule has 0 aromatic heterocycles. The minimum atomic E-state index is -0.689. The Kier molecular flexibility index (Phi) is 2.15. The van der Waals surface area contributed by atoms with Crippen molar-refractivity contribution in [3.63, 3.8) is 0 Å². The molecule has 0 amide bonds. The SMILES string of the molecule is COc1ccc([C@H]2C[C@H]2C(=O)O)cc1. The number of rotatable bonds is 3. The average Bonchev–Trinajstić information content (AvgIpc) is 2.97. The molecule has 0 bridgehead atoms. The van der Waals surface area contributed by atoms with Crippen molar-refractivity contribution in [3.8, 4) is 5.75 Å². The summed E-state index contributed by atoms with van der Waals surface area (Å²) in [7, 11) is 1.62. The zero-order valence-electron chi connectivity index (χ0n) is 7.93. The topological polar surface area (TPSA) is 46.5 Å². The van der Waals surface area contributed by atoms with E-state index in [4.69, 9.17) is 9.84 Å². The average molecular weight is 192 g/mol. The molecule has 1 N–H and O–H groups in total. The van der Waals surface area contributed by atoms with Crippen LogP contribution in [0.2, 0.25) is 0 Å². The van der Waals surface area contributed by atoms with Crippen LogP contribution in [-0.4, -0.2) is 18.2 Å². The van der Waals surface area contributed by atoms with Crippen LogP contribution in [-0.2, 0) is 4.79 Å². The molecular formula is C11H12O3. The van der Waals surface area contributed by atoms with Gasteiger partial charge in [0.05, 0.1) is 13.0 Å². The molecule has 1 aromatic carbocycles. The molecule has 0 heterocycles. The summed E-state index contributed by atoms with van der Waals surface area (Å²) in [4.78, 5) is 10.6. The second-order valence-corrected chi connectivity index (χ2v) is 3.56. The van der Waals surface area contributed by atoms with Gasteiger partial charge in [0.15, 0.2) is 0 Å². The molecule has 1 aromatic rings. The van der Waals surface area contributed by atoms with Crippen LogP contribution < -0.4 is 4.74 Å². The summed E-state index contributed by atoms with van der Waals surface area (Å²) in [5.41, 5.74) is 1.10. The van der Waals surface area contributed by atoms with Crippen molar-refractivity contribution in [2.45, 2.75) is 12.3 Å². The number of aliphatic carboxylic acids is 1. The van der Waals surface area contributed by atoms with E-state index < -0.39 is 5.97 Å². The normalized spacial score (nSPS) is 24.4. The molecule has 0 unspecified atom stereocenters. The fourth-order valence-electron chi connectivity index (χ4n) is 1.69. The molecule has 1 aliphatic rings. The first-order valence-corrected chi connectivity index (χ1v) is 4.59. The van der Waals surface area contributed by atoms with Crippen LogP contribution in [0.15, 0.2) is 24.3 Å². The first-order valence-electron chi connectivity index (χ1n) is 4.59. The Hall–Kier alpha value is -1.51. The number of hydrogen-bond acceptors (Lipinski definition) is 2. The fraction of sp³-hybridized carbons (Fsp3) is 0.364. The first kappa shape index (κ1) is 9.06. The Bertz CT molecular complexity index is 342. The number of methoxy groups -OCH3 is 1. The Morgan fingerprint density at radius 2 is 2.07 bits per heavy atom. The van der Waals surface area contributed by atoms with Crippen LogP contribution in [0, 0.1) is 5.92 Å². The molecule has 0 spiro atoms. The molecule has 1 fully saturated rings. The van der Waals surface area contributed by atoms with E-state index in [1.807, 2.05) is 24.3 Å². The third-order valence-corrected chi connectivity index (χ3v) is 2.65. The molecule has 3 nitrogen and oxygen atoms in total. The monoisotopic (exact) mass is 192 g/mol. The lowest BCUT2D eigenvalue weighted by Gasteiger charge is -2.01. The maximum atomic E-state index is 10.6. The van der Waals surface area contributed by atoms with Gasteiger partial charge in [-0.3, -0.25) is 4.79 Å². The molecule has 1 saturated carbocycles. The summed E-state index contributed by atoms with van der Waals surface area (Å²) in [5, 5.41) is 8.76. The van der Waals surface area contributed by atoms with Gasteiger partial charge in [-0.05, 0) is 30.0 Å². The van der Waals surface area contributed by atoms with Gasteiger partial charge in [0.2, 0.25) is 0 Å². The maximum Gasteiger partial charge on any atom is 0.307 e. The molecule has 2 rings (SSSR count). The zero-order valence-corrected chi connectivity index (χ0v) is 7.93. The standard InChI is InChI=1S/C11H12O3/c1-14-8-4-2-7(3-5-8)9-6-10(9)11(12)13/h2-5,9-10H,6H2,1H3,(H,12,13)/t9-,10-/m1/s1. The van der Waals surface area contributed by atoms with Gasteiger partial charge >= 0.3 is 5.97 Å². The Balaban J connectivity index is 2.08. The predicted octanol–water partition coefficient (Wildman–Crippen LogP) is 1.88. The summed E-state index contributed by atoms with van der Waals surface area (Å²) in [6, 6.07) is 7.61. The van der Waals surface area contributed by atoms with Crippen molar-refractivity contribution in [2.75, 3.05) is 7.11 Å². The Morgan fingerprint density at radius 1 is 1.43 bits per heavy atom. The summed E-state index contributed by atoms with van der Waals surface area (Å²) < 4.78 is 5.03. The molecule has 0 radical (unpaired) electrons. The molecule has 3 heteroatoms. The van der Waals surface area contributed by atoms with Gasteiger partial charge in [-0.15, -0.1) is 0 Å². The molecule has 0 aliphatic heterocycles. The van der Waals surface area contributed by atoms with Crippen molar-refractivity contribution in [3.05, 3.63) is 29.8 Å². The lowest BCUT2D eigenvalue weighted by molar-refractivity contribution is -0.138. The van der Waals surface area contributed by atoms with Gasteiger partial charge in [-0.25, -0.2) is 0 Å². The third-order valence-electron chi connectivity index (χ3n) is 2.65. The maximum absolute atomic E-state index is 10.6. The van der Waals surface area contributed by atoms with Gasteiger partial charge in [0, 0.05) is 0 Å². The lowest BCUT2D eigenvalue weighted by Crippen LogP contribution is -1.98. The highest BCUT2D eigenvalue weighted by Crippen LogP contribution is 2.47. The molecule has 1 aliphatic carbocycles. The van der Waals surface area contributed by atoms with Crippen LogP contribution in [0.5, 0.6) is 5.75 Å². The molecule has 2 atom stereocenters. The first-order chi connectivity index (χ1) is 6.72. The van der Waals surface area contributed by atoms with Crippen LogP contribution in [0.4, 0.5) is 0 Å². The van der Waals surface area contributed by atoms with Gasteiger partial charge in [-0.2, -0.15) is 0 Å². The highest BCUT2D eigenvalue weighted by atomic mass is 16.5. The number of ether oxygens (including phenoxy) is 1. The van der Waals surface area contributed by atoms with E-state index >= 15 is 0 Å². The quantitative estimate of drug-likeness (QED) is 0.795. The van der Waals surface area contributed by atoms with Crippen LogP contribution >= 0.6 is 0 Å². The summed E-state index contributed by atoms with van der Waals surface area (Å²) in [6.07, 6.45) is 0.766. The van der Waals surface area contributed by atoms with Gasteiger partial charge in [0.25, 0.3) is 0 Å². The lowest BCUT2D eigenvalue weighted by atomic mass is 10.1. The van der Waals surface area contributed by atoms with E-state index in [9.17, 15) is 4.79 Å². The van der Waals surface area contributed by atoms with E-state index in [1.54, 1.807) is 7.11 Å². The number of carbonyl (C=O) groups is 1. The Morgan fingerprint density at radius 3 is 2.50 bits per heavy atom. The van der Waals surface area contributed by atoms with Gasteiger partial charge in [0.1, 0.15) is 5.75 Å². The second kappa shape index (κ2) is 3.33. The summed E-state index contributed by atoms with van der Waals surface area (Å²) in [5.74, 6) is 0.147. The molecular weight excluding hydrogens is 180 g/mol. The highest BCUT2D eigenvalue weighted by Gasteiger charge is 2.43. The number of carboxylic acid groups (broad SMARTS) is 1. The van der Waals surface area contributed by atoms with E-state index in [-0.39, 0.29) is 11.8 Å². The predicted molar refractivity (Wildman–Crippen MR) is 51.5 cm³/mol. The molecule has 74 valence electrons. The summed E-state index contributed by atoms with van der Waals surface area (Å²) in [6.45, 7) is 0. The van der Waals surface area contributed by atoms with E-state index in [1.165, 1.54) is 0 Å². The van der Waals surface area contributed by atoms with E-state index in [2.05, 4.69) is 0 Å². The number of carboxylic acids is 1. The van der Waals surface area contributed by atoms with Crippen molar-refractivity contribution < 1.29 is 14.6 Å². The Labute approximate surface area is 82.3 Å². The van der Waals surface area contributed by atoms with Crippen molar-refractivity contribution in [1.29, 1.82) is 0 Å². The zero-order chi connectivity index (χ0) is 10.1. The van der Waals surface area contributed by atoms with Crippen LogP contribution in [0.25, 0.3) is 0 Å². The second-order valence-electron chi connectivity index (χ2n) is 3.56. The fourth-order valence-corrected chi connectivity index (χ4v) is 1.69. The minimum Gasteiger partial charge on any atom is -0.497 e. The molecule has 14 heavy (non-hydrogen) atoms. The van der Waals surface area contributed by atoms with E-state index in [0.29, 0.717) is 0 Å². The molecule has 0 saturated heterocycles. The third kappa shape index (κ3) is 1.58. The number of hydrogen-bond donors (Lipinski definition) is 1. The smallest absolute Gasteiger partial charge is 0.307 e. The van der Waals surface area contributed by atoms with Crippen LogP contribution in [0.1, 0.15) is 17.9 Å². The van der Waals surface area contributed by atoms with Gasteiger partial charge < -0.3 is 9.84 Å². The highest BCUT2D eigenvalue weighted by molar-refractivity contribution is 5.75. The largest absolute Gasteiger partial charge is 0.497 e. The van der Waals surface area contributed by atoms with E-state index in [0.717, 1.165) is 17.7 Å². The van der Waals surface area contributed by atoms with Crippen molar-refractivity contribution >= 4 is 5.97 Å². The van der Waals surface area contributed by atoms with Crippen LogP contribution in [0.3, 0.4) is 0 Å². The van der Waals surface area contributed by atoms with Crippen molar-refractivity contribution in [1.82, 2.24) is 0 Å². The minimum absolute atomic E-state index is 0.177. The van der Waals surface area contributed by atoms with Crippen molar-refractivity contribution in [2.24, 2.45) is 5.92 Å². The summed E-state index contributed by atoms with van der Waals surface area (Å²) >= 11 is 0.